The van der Waals surface area contributed by atoms with Crippen LogP contribution >= 0.6 is 0 Å². The molecule has 0 radical (unpaired) electrons. The molecule has 4 rings (SSSR count). The highest BCUT2D eigenvalue weighted by Gasteiger charge is 2.19. The van der Waals surface area contributed by atoms with Gasteiger partial charge in [-0.15, -0.1) is 0 Å². The molecule has 5 heteroatoms. The predicted molar refractivity (Wildman–Crippen MR) is 105 cm³/mol. The minimum atomic E-state index is -0.385. The van der Waals surface area contributed by atoms with Crippen molar-refractivity contribution in [1.82, 2.24) is 15.0 Å². The van der Waals surface area contributed by atoms with E-state index in [0.717, 1.165) is 16.7 Å². The Morgan fingerprint density at radius 2 is 1.54 bits per heavy atom. The van der Waals surface area contributed by atoms with Crippen molar-refractivity contribution in [2.75, 3.05) is 0 Å². The molecule has 0 saturated heterocycles. The number of benzene rings is 1. The third-order valence-corrected chi connectivity index (χ3v) is 4.25. The van der Waals surface area contributed by atoms with Gasteiger partial charge in [0.2, 0.25) is 0 Å². The van der Waals surface area contributed by atoms with E-state index in [-0.39, 0.29) is 6.10 Å². The number of ether oxygens (including phenoxy) is 1. The molecule has 4 aromatic rings. The highest BCUT2D eigenvalue weighted by Crippen LogP contribution is 2.34. The van der Waals surface area contributed by atoms with Crippen LogP contribution in [-0.2, 0) is 0 Å². The van der Waals surface area contributed by atoms with E-state index in [2.05, 4.69) is 21.0 Å². The van der Waals surface area contributed by atoms with E-state index in [1.54, 1.807) is 43.1 Å². The Bertz CT molecular complexity index is 1070. The van der Waals surface area contributed by atoms with Crippen LogP contribution in [0.15, 0.2) is 91.6 Å². The van der Waals surface area contributed by atoms with Gasteiger partial charge in [0.05, 0.1) is 11.6 Å². The second kappa shape index (κ2) is 8.11. The van der Waals surface area contributed by atoms with Gasteiger partial charge in [-0.2, -0.15) is 5.26 Å². The van der Waals surface area contributed by atoms with E-state index < -0.39 is 0 Å². The number of nitrogens with zero attached hydrogens (tertiary/aromatic N) is 4. The van der Waals surface area contributed by atoms with Crippen molar-refractivity contribution < 1.29 is 4.74 Å². The number of hydrogen-bond acceptors (Lipinski definition) is 5. The SMILES string of the molecule is N#Cc1cccc(-c2ncccc2OC(c2cccnc2)c2cccnc2)c1. The summed E-state index contributed by atoms with van der Waals surface area (Å²) in [7, 11) is 0. The first kappa shape index (κ1) is 17.4. The Balaban J connectivity index is 1.77. The number of rotatable bonds is 5. The minimum Gasteiger partial charge on any atom is -0.479 e. The molecule has 0 bridgehead atoms. The molecule has 0 saturated carbocycles. The Morgan fingerprint density at radius 3 is 2.18 bits per heavy atom. The van der Waals surface area contributed by atoms with E-state index in [0.29, 0.717) is 17.0 Å². The first-order chi connectivity index (χ1) is 13.8. The summed E-state index contributed by atoms with van der Waals surface area (Å²) in [5.41, 5.74) is 3.90. The molecule has 0 N–H and O–H groups in total. The topological polar surface area (TPSA) is 71.7 Å². The zero-order valence-corrected chi connectivity index (χ0v) is 14.9. The van der Waals surface area contributed by atoms with Gasteiger partial charge in [0.15, 0.2) is 6.10 Å². The summed E-state index contributed by atoms with van der Waals surface area (Å²) >= 11 is 0. The van der Waals surface area contributed by atoms with Gasteiger partial charge in [-0.3, -0.25) is 15.0 Å². The molecule has 0 spiro atoms. The molecule has 1 aromatic carbocycles. The Labute approximate surface area is 162 Å². The molecule has 0 aliphatic carbocycles. The van der Waals surface area contributed by atoms with Crippen molar-refractivity contribution in [3.63, 3.8) is 0 Å². The maximum Gasteiger partial charge on any atom is 0.152 e. The van der Waals surface area contributed by atoms with Gasteiger partial charge in [-0.1, -0.05) is 24.3 Å². The van der Waals surface area contributed by atoms with Gasteiger partial charge in [-0.05, 0) is 36.4 Å². The molecule has 0 atom stereocenters. The molecule has 0 unspecified atom stereocenters. The fourth-order valence-electron chi connectivity index (χ4n) is 2.96. The summed E-state index contributed by atoms with van der Waals surface area (Å²) in [4.78, 5) is 12.9. The lowest BCUT2D eigenvalue weighted by Crippen LogP contribution is -2.11. The van der Waals surface area contributed by atoms with Gasteiger partial charge in [0, 0.05) is 47.7 Å². The van der Waals surface area contributed by atoms with Crippen LogP contribution in [-0.4, -0.2) is 15.0 Å². The smallest absolute Gasteiger partial charge is 0.152 e. The fraction of sp³-hybridized carbons (Fsp3) is 0.0435. The molecular formula is C23H16N4O. The highest BCUT2D eigenvalue weighted by atomic mass is 16.5. The summed E-state index contributed by atoms with van der Waals surface area (Å²) in [6, 6.07) is 20.9. The zero-order chi connectivity index (χ0) is 19.2. The van der Waals surface area contributed by atoms with Gasteiger partial charge < -0.3 is 4.74 Å². The molecule has 3 aromatic heterocycles. The van der Waals surface area contributed by atoms with Gasteiger partial charge in [-0.25, -0.2) is 0 Å². The molecule has 28 heavy (non-hydrogen) atoms. The van der Waals surface area contributed by atoms with E-state index in [9.17, 15) is 5.26 Å². The van der Waals surface area contributed by atoms with Crippen LogP contribution in [0.5, 0.6) is 5.75 Å². The average molecular weight is 364 g/mol. The normalized spacial score (nSPS) is 10.4. The quantitative estimate of drug-likeness (QED) is 0.518. The first-order valence-electron chi connectivity index (χ1n) is 8.77. The standard InChI is InChI=1S/C23H16N4O/c24-14-17-5-1-6-18(13-17)22-21(9-4-12-27-22)28-23(19-7-2-10-25-15-19)20-8-3-11-26-16-20/h1-13,15-16,23H. The third kappa shape index (κ3) is 3.71. The summed E-state index contributed by atoms with van der Waals surface area (Å²) in [6.45, 7) is 0. The maximum atomic E-state index is 9.21. The van der Waals surface area contributed by atoms with Gasteiger partial charge in [0.25, 0.3) is 0 Å². The monoisotopic (exact) mass is 364 g/mol. The largest absolute Gasteiger partial charge is 0.479 e. The second-order valence-corrected chi connectivity index (χ2v) is 6.11. The molecule has 0 fully saturated rings. The van der Waals surface area contributed by atoms with Crippen molar-refractivity contribution in [2.24, 2.45) is 0 Å². The highest BCUT2D eigenvalue weighted by molar-refractivity contribution is 5.67. The summed E-state index contributed by atoms with van der Waals surface area (Å²) in [5.74, 6) is 0.621. The fourth-order valence-corrected chi connectivity index (χ4v) is 2.96. The van der Waals surface area contributed by atoms with Crippen LogP contribution in [0, 0.1) is 11.3 Å². The Morgan fingerprint density at radius 1 is 0.821 bits per heavy atom. The van der Waals surface area contributed by atoms with Crippen molar-refractivity contribution in [3.05, 3.63) is 108 Å². The van der Waals surface area contributed by atoms with E-state index in [1.165, 1.54) is 0 Å². The molecule has 3 heterocycles. The average Bonchev–Trinajstić information content (AvgIpc) is 2.79. The number of hydrogen-bond donors (Lipinski definition) is 0. The first-order valence-corrected chi connectivity index (χ1v) is 8.77. The van der Waals surface area contributed by atoms with Crippen LogP contribution in [0.2, 0.25) is 0 Å². The molecule has 5 nitrogen and oxygen atoms in total. The van der Waals surface area contributed by atoms with Crippen LogP contribution in [0.25, 0.3) is 11.3 Å². The van der Waals surface area contributed by atoms with Crippen molar-refractivity contribution in [3.8, 4) is 23.1 Å². The van der Waals surface area contributed by atoms with Crippen molar-refractivity contribution >= 4 is 0 Å². The van der Waals surface area contributed by atoms with E-state index in [4.69, 9.17) is 4.74 Å². The second-order valence-electron chi connectivity index (χ2n) is 6.11. The summed E-state index contributed by atoms with van der Waals surface area (Å²) in [5, 5.41) is 9.21. The molecule has 0 aliphatic heterocycles. The Hall–Kier alpha value is -4.04. The molecule has 0 aliphatic rings. The maximum absolute atomic E-state index is 9.21. The number of nitriles is 1. The summed E-state index contributed by atoms with van der Waals surface area (Å²) < 4.78 is 6.42. The molecule has 134 valence electrons. The van der Waals surface area contributed by atoms with Crippen molar-refractivity contribution in [2.45, 2.75) is 6.10 Å². The third-order valence-electron chi connectivity index (χ3n) is 4.25. The van der Waals surface area contributed by atoms with E-state index in [1.807, 2.05) is 48.5 Å². The molecular weight excluding hydrogens is 348 g/mol. The van der Waals surface area contributed by atoms with Crippen LogP contribution in [0.1, 0.15) is 22.8 Å². The zero-order valence-electron chi connectivity index (χ0n) is 14.9. The van der Waals surface area contributed by atoms with E-state index >= 15 is 0 Å². The lowest BCUT2D eigenvalue weighted by molar-refractivity contribution is 0.246. The van der Waals surface area contributed by atoms with Crippen molar-refractivity contribution in [1.29, 1.82) is 5.26 Å². The number of aromatic nitrogens is 3. The minimum absolute atomic E-state index is 0.385. The Kier molecular flexibility index (Phi) is 5.03. The molecule has 0 amide bonds. The lowest BCUT2D eigenvalue weighted by atomic mass is 10.0. The predicted octanol–water partition coefficient (Wildman–Crippen LogP) is 4.58. The van der Waals surface area contributed by atoms with Crippen LogP contribution in [0.3, 0.4) is 0 Å². The van der Waals surface area contributed by atoms with Gasteiger partial charge in [0.1, 0.15) is 11.4 Å². The lowest BCUT2D eigenvalue weighted by Gasteiger charge is -2.21. The van der Waals surface area contributed by atoms with Crippen LogP contribution < -0.4 is 4.74 Å². The summed E-state index contributed by atoms with van der Waals surface area (Å²) in [6.07, 6.45) is 8.35. The number of pyridine rings is 3. The van der Waals surface area contributed by atoms with Gasteiger partial charge >= 0.3 is 0 Å². The van der Waals surface area contributed by atoms with Crippen LogP contribution in [0.4, 0.5) is 0 Å².